The van der Waals surface area contributed by atoms with Crippen molar-refractivity contribution in [1.82, 2.24) is 15.2 Å². The van der Waals surface area contributed by atoms with E-state index in [1.165, 1.54) is 6.92 Å². The van der Waals surface area contributed by atoms with Crippen LogP contribution in [0.25, 0.3) is 0 Å². The van der Waals surface area contributed by atoms with Gasteiger partial charge in [-0.1, -0.05) is 11.8 Å². The van der Waals surface area contributed by atoms with Crippen LogP contribution in [0.15, 0.2) is 9.95 Å². The Kier molecular flexibility index (Phi) is 7.91. The Balaban J connectivity index is 2.20. The molecule has 0 aromatic carbocycles. The fraction of sp³-hybridized carbons (Fsp3) is 0.412. The van der Waals surface area contributed by atoms with E-state index in [4.69, 9.17) is 9.47 Å². The van der Waals surface area contributed by atoms with Crippen molar-refractivity contribution in [2.45, 2.75) is 32.9 Å². The average molecular weight is 441 g/mol. The minimum Gasteiger partial charge on any atom is -0.462 e. The number of hydrogen-bond donors (Lipinski definition) is 2. The predicted octanol–water partition coefficient (Wildman–Crippen LogP) is 1.93. The van der Waals surface area contributed by atoms with Crippen LogP contribution in [0.1, 0.15) is 45.1 Å². The van der Waals surface area contributed by atoms with Gasteiger partial charge in [-0.25, -0.2) is 9.59 Å². The lowest BCUT2D eigenvalue weighted by Gasteiger charge is -2.07. The van der Waals surface area contributed by atoms with Gasteiger partial charge in [0.2, 0.25) is 5.91 Å². The molecule has 0 aliphatic rings. The van der Waals surface area contributed by atoms with Gasteiger partial charge in [-0.2, -0.15) is 0 Å². The SMILES string of the molecule is CCOC(=O)c1sc(NC(=O)CSc2nnc(C)c(=O)[nH]2)c(C(=O)OCC)c1C. The molecule has 0 aliphatic heterocycles. The summed E-state index contributed by atoms with van der Waals surface area (Å²) in [7, 11) is 0. The van der Waals surface area contributed by atoms with Gasteiger partial charge >= 0.3 is 11.9 Å². The highest BCUT2D eigenvalue weighted by molar-refractivity contribution is 7.99. The zero-order valence-corrected chi connectivity index (χ0v) is 17.9. The normalized spacial score (nSPS) is 10.5. The van der Waals surface area contributed by atoms with E-state index in [9.17, 15) is 19.2 Å². The first-order valence-corrected chi connectivity index (χ1v) is 10.4. The number of thiophene rings is 1. The molecule has 2 aromatic heterocycles. The third-order valence-electron chi connectivity index (χ3n) is 3.52. The highest BCUT2D eigenvalue weighted by atomic mass is 32.2. The van der Waals surface area contributed by atoms with Crippen LogP contribution in [0.4, 0.5) is 5.00 Å². The van der Waals surface area contributed by atoms with E-state index < -0.39 is 17.8 Å². The molecule has 12 heteroatoms. The fourth-order valence-corrected chi connectivity index (χ4v) is 3.89. The van der Waals surface area contributed by atoms with Crippen LogP contribution >= 0.6 is 23.1 Å². The number of nitrogens with one attached hydrogen (secondary N) is 2. The lowest BCUT2D eigenvalue weighted by Crippen LogP contribution is -2.18. The van der Waals surface area contributed by atoms with Crippen molar-refractivity contribution in [1.29, 1.82) is 0 Å². The van der Waals surface area contributed by atoms with Crippen molar-refractivity contribution in [2.75, 3.05) is 24.3 Å². The minimum atomic E-state index is -0.645. The second-order valence-corrected chi connectivity index (χ2v) is 7.57. The topological polar surface area (TPSA) is 140 Å². The van der Waals surface area contributed by atoms with E-state index in [0.29, 0.717) is 5.56 Å². The lowest BCUT2D eigenvalue weighted by molar-refractivity contribution is -0.113. The molecule has 0 unspecified atom stereocenters. The molecule has 0 aliphatic carbocycles. The number of hydrogen-bond acceptors (Lipinski definition) is 10. The predicted molar refractivity (Wildman–Crippen MR) is 108 cm³/mol. The first-order valence-electron chi connectivity index (χ1n) is 8.62. The number of aromatic amines is 1. The number of thioether (sulfide) groups is 1. The van der Waals surface area contributed by atoms with Crippen molar-refractivity contribution in [2.24, 2.45) is 0 Å². The Labute approximate surface area is 174 Å². The number of carbonyl (C=O) groups is 3. The van der Waals surface area contributed by atoms with E-state index >= 15 is 0 Å². The van der Waals surface area contributed by atoms with Crippen molar-refractivity contribution < 1.29 is 23.9 Å². The van der Waals surface area contributed by atoms with Crippen molar-refractivity contribution >= 4 is 45.9 Å². The van der Waals surface area contributed by atoms with Gasteiger partial charge in [0.15, 0.2) is 5.16 Å². The fourth-order valence-electron chi connectivity index (χ4n) is 2.18. The monoisotopic (exact) mass is 440 g/mol. The van der Waals surface area contributed by atoms with Gasteiger partial charge in [-0.15, -0.1) is 21.5 Å². The molecule has 0 atom stereocenters. The number of aromatic nitrogens is 3. The Morgan fingerprint density at radius 3 is 2.38 bits per heavy atom. The van der Waals surface area contributed by atoms with E-state index in [0.717, 1.165) is 23.1 Å². The van der Waals surface area contributed by atoms with Gasteiger partial charge in [-0.3, -0.25) is 14.6 Å². The summed E-state index contributed by atoms with van der Waals surface area (Å²) in [5.74, 6) is -1.78. The first-order chi connectivity index (χ1) is 13.8. The summed E-state index contributed by atoms with van der Waals surface area (Å²) in [5.41, 5.74) is 0.323. The molecule has 10 nitrogen and oxygen atoms in total. The minimum absolute atomic E-state index is 0.0956. The molecule has 29 heavy (non-hydrogen) atoms. The number of H-pyrrole nitrogens is 1. The van der Waals surface area contributed by atoms with E-state index in [1.807, 2.05) is 0 Å². The Hall–Kier alpha value is -2.73. The second kappa shape index (κ2) is 10.2. The maximum atomic E-state index is 12.4. The third kappa shape index (κ3) is 5.64. The summed E-state index contributed by atoms with van der Waals surface area (Å²) in [5, 5.41) is 10.5. The highest BCUT2D eigenvalue weighted by Crippen LogP contribution is 2.34. The van der Waals surface area contributed by atoms with Crippen molar-refractivity contribution in [3.05, 3.63) is 32.1 Å². The van der Waals surface area contributed by atoms with Gasteiger partial charge in [0.1, 0.15) is 15.6 Å². The number of amides is 1. The smallest absolute Gasteiger partial charge is 0.348 e. The van der Waals surface area contributed by atoms with Crippen molar-refractivity contribution in [3.8, 4) is 0 Å². The number of esters is 2. The molecule has 0 spiro atoms. The number of nitrogens with zero attached hydrogens (tertiary/aromatic N) is 2. The largest absolute Gasteiger partial charge is 0.462 e. The number of aryl methyl sites for hydroxylation is 1. The Morgan fingerprint density at radius 1 is 1.10 bits per heavy atom. The van der Waals surface area contributed by atoms with Crippen LogP contribution in [-0.2, 0) is 14.3 Å². The van der Waals surface area contributed by atoms with Crippen LogP contribution < -0.4 is 10.9 Å². The molecule has 0 fully saturated rings. The molecule has 0 radical (unpaired) electrons. The number of carbonyl (C=O) groups excluding carboxylic acids is 3. The molecule has 2 N–H and O–H groups in total. The van der Waals surface area contributed by atoms with Gasteiger partial charge in [0, 0.05) is 0 Å². The maximum absolute atomic E-state index is 12.4. The second-order valence-electron chi connectivity index (χ2n) is 5.58. The maximum Gasteiger partial charge on any atom is 0.348 e. The van der Waals surface area contributed by atoms with Gasteiger partial charge in [0.05, 0.1) is 24.5 Å². The Bertz CT molecular complexity index is 985. The van der Waals surface area contributed by atoms with E-state index in [1.54, 1.807) is 20.8 Å². The first kappa shape index (κ1) is 22.6. The van der Waals surface area contributed by atoms with E-state index in [-0.39, 0.29) is 50.8 Å². The molecule has 156 valence electrons. The number of rotatable bonds is 8. The summed E-state index contributed by atoms with van der Waals surface area (Å²) in [4.78, 5) is 51.1. The third-order valence-corrected chi connectivity index (χ3v) is 5.57. The molecule has 2 heterocycles. The Morgan fingerprint density at radius 2 is 1.76 bits per heavy atom. The van der Waals surface area contributed by atoms with Crippen molar-refractivity contribution in [3.63, 3.8) is 0 Å². The lowest BCUT2D eigenvalue weighted by atomic mass is 10.1. The van der Waals surface area contributed by atoms with Gasteiger partial charge in [-0.05, 0) is 33.3 Å². The zero-order valence-electron chi connectivity index (χ0n) is 16.3. The average Bonchev–Trinajstić information content (AvgIpc) is 2.99. The number of ether oxygens (including phenoxy) is 2. The molecule has 0 saturated carbocycles. The standard InChI is InChI=1S/C17H20N4O6S2/c1-5-26-15(24)11-8(3)12(16(25)27-6-2)29-14(11)18-10(22)7-28-17-19-13(23)9(4)20-21-17/h5-7H2,1-4H3,(H,18,22)(H,19,21,23). The highest BCUT2D eigenvalue weighted by Gasteiger charge is 2.27. The molecular weight excluding hydrogens is 420 g/mol. The summed E-state index contributed by atoms with van der Waals surface area (Å²) in [6, 6.07) is 0. The van der Waals surface area contributed by atoms with E-state index in [2.05, 4.69) is 20.5 Å². The zero-order chi connectivity index (χ0) is 21.6. The molecule has 0 bridgehead atoms. The van der Waals surface area contributed by atoms with Crippen LogP contribution in [0.2, 0.25) is 0 Å². The van der Waals surface area contributed by atoms with Crippen LogP contribution in [0.5, 0.6) is 0 Å². The summed E-state index contributed by atoms with van der Waals surface area (Å²) in [6.07, 6.45) is 0. The molecule has 2 rings (SSSR count). The molecule has 2 aromatic rings. The molecule has 0 saturated heterocycles. The summed E-state index contributed by atoms with van der Waals surface area (Å²) < 4.78 is 10.0. The van der Waals surface area contributed by atoms with Crippen LogP contribution in [0.3, 0.4) is 0 Å². The molecular formula is C17H20N4O6S2. The summed E-state index contributed by atoms with van der Waals surface area (Å²) in [6.45, 7) is 6.76. The van der Waals surface area contributed by atoms with Crippen LogP contribution in [-0.4, -0.2) is 52.0 Å². The van der Waals surface area contributed by atoms with Crippen LogP contribution in [0, 0.1) is 13.8 Å². The summed E-state index contributed by atoms with van der Waals surface area (Å²) >= 11 is 1.92. The quantitative estimate of drug-likeness (QED) is 0.465. The number of anilines is 1. The van der Waals surface area contributed by atoms with Gasteiger partial charge < -0.3 is 14.8 Å². The molecule has 1 amide bonds. The van der Waals surface area contributed by atoms with Gasteiger partial charge in [0.25, 0.3) is 5.56 Å².